The molecule has 1 N–H and O–H groups in total. The summed E-state index contributed by atoms with van der Waals surface area (Å²) in [7, 11) is 5.40. The van der Waals surface area contributed by atoms with E-state index in [-0.39, 0.29) is 24.0 Å². The minimum absolute atomic E-state index is 0. The van der Waals surface area contributed by atoms with Crippen LogP contribution < -0.4 is 14.8 Å². The number of hydrogen-bond acceptors (Lipinski definition) is 3. The molecule has 1 aromatic carbocycles. The third-order valence-electron chi connectivity index (χ3n) is 3.65. The zero-order valence-corrected chi connectivity index (χ0v) is 17.9. The second-order valence-corrected chi connectivity index (χ2v) is 5.45. The van der Waals surface area contributed by atoms with Gasteiger partial charge in [-0.15, -0.1) is 24.0 Å². The summed E-state index contributed by atoms with van der Waals surface area (Å²) in [6.45, 7) is 6.95. The highest BCUT2D eigenvalue weighted by molar-refractivity contribution is 14.0. The van der Waals surface area contributed by atoms with E-state index in [1.165, 1.54) is 18.4 Å². The normalized spacial score (nSPS) is 10.8. The van der Waals surface area contributed by atoms with Crippen molar-refractivity contribution in [1.82, 2.24) is 10.2 Å². The van der Waals surface area contributed by atoms with Crippen molar-refractivity contribution in [2.24, 2.45) is 4.99 Å². The van der Waals surface area contributed by atoms with Gasteiger partial charge in [-0.1, -0.05) is 19.4 Å². The number of unbranched alkanes of at least 4 members (excludes halogenated alkanes) is 1. The fourth-order valence-corrected chi connectivity index (χ4v) is 2.30. The van der Waals surface area contributed by atoms with Crippen molar-refractivity contribution in [3.05, 3.63) is 23.8 Å². The third-order valence-corrected chi connectivity index (χ3v) is 3.65. The minimum Gasteiger partial charge on any atom is -0.493 e. The Kier molecular flexibility index (Phi) is 12.5. The summed E-state index contributed by atoms with van der Waals surface area (Å²) in [4.78, 5) is 6.92. The van der Waals surface area contributed by atoms with Gasteiger partial charge in [0.1, 0.15) is 0 Å². The number of rotatable bonds is 9. The number of nitrogens with one attached hydrogen (secondary N) is 1. The van der Waals surface area contributed by atoms with Crippen molar-refractivity contribution >= 4 is 29.9 Å². The Labute approximate surface area is 163 Å². The molecule has 0 aromatic heterocycles. The molecule has 0 aliphatic heterocycles. The van der Waals surface area contributed by atoms with Gasteiger partial charge in [-0.25, -0.2) is 0 Å². The Bertz CT molecular complexity index is 495. The molecule has 1 rings (SSSR count). The van der Waals surface area contributed by atoms with Gasteiger partial charge in [0, 0.05) is 26.7 Å². The summed E-state index contributed by atoms with van der Waals surface area (Å²) in [6, 6.07) is 6.02. The maximum Gasteiger partial charge on any atom is 0.193 e. The van der Waals surface area contributed by atoms with Crippen molar-refractivity contribution < 1.29 is 9.47 Å². The number of hydrogen-bond donors (Lipinski definition) is 1. The minimum atomic E-state index is 0. The molecule has 0 saturated carbocycles. The largest absolute Gasteiger partial charge is 0.493 e. The van der Waals surface area contributed by atoms with Gasteiger partial charge in [0.05, 0.1) is 14.2 Å². The van der Waals surface area contributed by atoms with Crippen LogP contribution in [0, 0.1) is 0 Å². The number of nitrogens with zero attached hydrogens (tertiary/aromatic N) is 2. The molecule has 6 heteroatoms. The number of ether oxygens (including phenoxy) is 2. The van der Waals surface area contributed by atoms with Crippen LogP contribution in [0.3, 0.4) is 0 Å². The van der Waals surface area contributed by atoms with E-state index in [4.69, 9.17) is 14.5 Å². The SMILES string of the molecule is CCCCN(C)C(=NCCc1ccc(OC)c(OC)c1)NCC.I. The van der Waals surface area contributed by atoms with Crippen molar-refractivity contribution in [3.63, 3.8) is 0 Å². The highest BCUT2D eigenvalue weighted by Gasteiger charge is 2.06. The fraction of sp³-hybridized carbons (Fsp3) is 0.611. The zero-order chi connectivity index (χ0) is 17.1. The highest BCUT2D eigenvalue weighted by atomic mass is 127. The summed E-state index contributed by atoms with van der Waals surface area (Å²) in [6.07, 6.45) is 3.24. The third kappa shape index (κ3) is 7.59. The Morgan fingerprint density at radius 3 is 2.46 bits per heavy atom. The van der Waals surface area contributed by atoms with Crippen molar-refractivity contribution in [2.75, 3.05) is 40.9 Å². The van der Waals surface area contributed by atoms with Crippen LogP contribution in [0.25, 0.3) is 0 Å². The van der Waals surface area contributed by atoms with Gasteiger partial charge in [0.2, 0.25) is 0 Å². The van der Waals surface area contributed by atoms with Gasteiger partial charge in [0.25, 0.3) is 0 Å². The van der Waals surface area contributed by atoms with Crippen LogP contribution in [0.4, 0.5) is 0 Å². The first-order valence-corrected chi connectivity index (χ1v) is 8.36. The molecule has 0 heterocycles. The first kappa shape index (κ1) is 22.8. The van der Waals surface area contributed by atoms with Crippen LogP contribution in [-0.2, 0) is 6.42 Å². The maximum atomic E-state index is 5.34. The lowest BCUT2D eigenvalue weighted by Crippen LogP contribution is -2.39. The second-order valence-electron chi connectivity index (χ2n) is 5.45. The van der Waals surface area contributed by atoms with Gasteiger partial charge >= 0.3 is 0 Å². The zero-order valence-electron chi connectivity index (χ0n) is 15.6. The lowest BCUT2D eigenvalue weighted by Gasteiger charge is -2.21. The molecule has 0 atom stereocenters. The van der Waals surface area contributed by atoms with Crippen LogP contribution in [-0.4, -0.2) is 51.8 Å². The molecular formula is C18H32IN3O2. The van der Waals surface area contributed by atoms with Crippen molar-refractivity contribution in [3.8, 4) is 11.5 Å². The van der Waals surface area contributed by atoms with Crippen LogP contribution in [0.2, 0.25) is 0 Å². The monoisotopic (exact) mass is 449 g/mol. The summed E-state index contributed by atoms with van der Waals surface area (Å²) in [5.74, 6) is 2.50. The highest BCUT2D eigenvalue weighted by Crippen LogP contribution is 2.27. The van der Waals surface area contributed by atoms with E-state index in [1.54, 1.807) is 14.2 Å². The van der Waals surface area contributed by atoms with Gasteiger partial charge in [-0.2, -0.15) is 0 Å². The van der Waals surface area contributed by atoms with E-state index in [2.05, 4.69) is 37.2 Å². The summed E-state index contributed by atoms with van der Waals surface area (Å²) >= 11 is 0. The smallest absolute Gasteiger partial charge is 0.193 e. The Hall–Kier alpha value is -1.18. The number of guanidine groups is 1. The molecule has 0 radical (unpaired) electrons. The van der Waals surface area contributed by atoms with E-state index in [0.717, 1.165) is 43.5 Å². The summed E-state index contributed by atoms with van der Waals surface area (Å²) in [5.41, 5.74) is 1.19. The number of halogens is 1. The standard InChI is InChI=1S/C18H31N3O2.HI/c1-6-8-13-21(3)18(19-7-2)20-12-11-15-9-10-16(22-4)17(14-15)23-5;/h9-10,14H,6-8,11-13H2,1-5H3,(H,19,20);1H. The lowest BCUT2D eigenvalue weighted by atomic mass is 10.1. The van der Waals surface area contributed by atoms with Crippen molar-refractivity contribution in [2.45, 2.75) is 33.1 Å². The summed E-state index contributed by atoms with van der Waals surface area (Å²) < 4.78 is 10.6. The fourth-order valence-electron chi connectivity index (χ4n) is 2.30. The maximum absolute atomic E-state index is 5.34. The first-order valence-electron chi connectivity index (χ1n) is 8.36. The molecule has 0 saturated heterocycles. The van der Waals surface area contributed by atoms with Crippen LogP contribution >= 0.6 is 24.0 Å². The van der Waals surface area contributed by atoms with E-state index in [0.29, 0.717) is 0 Å². The average Bonchev–Trinajstić information content (AvgIpc) is 2.58. The quantitative estimate of drug-likeness (QED) is 0.356. The van der Waals surface area contributed by atoms with Gasteiger partial charge < -0.3 is 19.7 Å². The Balaban J connectivity index is 0.00000529. The van der Waals surface area contributed by atoms with E-state index < -0.39 is 0 Å². The Morgan fingerprint density at radius 1 is 1.17 bits per heavy atom. The number of benzene rings is 1. The predicted octanol–water partition coefficient (Wildman–Crippen LogP) is 3.56. The van der Waals surface area contributed by atoms with E-state index >= 15 is 0 Å². The topological polar surface area (TPSA) is 46.1 Å². The number of aliphatic imine (C=N–C) groups is 1. The van der Waals surface area contributed by atoms with E-state index in [9.17, 15) is 0 Å². The van der Waals surface area contributed by atoms with Crippen LogP contribution in [0.5, 0.6) is 11.5 Å². The first-order chi connectivity index (χ1) is 11.2. The molecule has 138 valence electrons. The molecule has 0 aliphatic rings. The molecule has 5 nitrogen and oxygen atoms in total. The second kappa shape index (κ2) is 13.1. The molecule has 1 aromatic rings. The molecule has 24 heavy (non-hydrogen) atoms. The van der Waals surface area contributed by atoms with Gasteiger partial charge in [0.15, 0.2) is 17.5 Å². The van der Waals surface area contributed by atoms with E-state index in [1.807, 2.05) is 12.1 Å². The molecule has 0 bridgehead atoms. The number of methoxy groups -OCH3 is 2. The summed E-state index contributed by atoms with van der Waals surface area (Å²) in [5, 5.41) is 3.35. The molecule has 0 aliphatic carbocycles. The predicted molar refractivity (Wildman–Crippen MR) is 112 cm³/mol. The molecule has 0 unspecified atom stereocenters. The van der Waals surface area contributed by atoms with Crippen molar-refractivity contribution in [1.29, 1.82) is 0 Å². The van der Waals surface area contributed by atoms with Gasteiger partial charge in [-0.3, -0.25) is 4.99 Å². The molecule has 0 spiro atoms. The van der Waals surface area contributed by atoms with Crippen LogP contribution in [0.1, 0.15) is 32.3 Å². The molecular weight excluding hydrogens is 417 g/mol. The average molecular weight is 449 g/mol. The molecule has 0 amide bonds. The van der Waals surface area contributed by atoms with Crippen LogP contribution in [0.15, 0.2) is 23.2 Å². The molecule has 0 fully saturated rings. The van der Waals surface area contributed by atoms with Gasteiger partial charge in [-0.05, 0) is 37.5 Å². The Morgan fingerprint density at radius 2 is 1.88 bits per heavy atom. The lowest BCUT2D eigenvalue weighted by molar-refractivity contribution is 0.354.